The number of aliphatic hydroxyl groups excluding tert-OH is 2. The Morgan fingerprint density at radius 3 is 2.85 bits per heavy atom. The molecule has 0 aliphatic carbocycles. The summed E-state index contributed by atoms with van der Waals surface area (Å²) in [5.41, 5.74) is 0. The Hall–Kier alpha value is -1.33. The van der Waals surface area contributed by atoms with Gasteiger partial charge in [-0.05, 0) is 26.8 Å². The van der Waals surface area contributed by atoms with Crippen molar-refractivity contribution in [2.45, 2.75) is 55.7 Å². The maximum atomic E-state index is 12.3. The lowest BCUT2D eigenvalue weighted by molar-refractivity contribution is -0.160. The molecule has 1 unspecified atom stereocenters. The van der Waals surface area contributed by atoms with Crippen molar-refractivity contribution in [3.05, 3.63) is 10.8 Å². The molecular weight excluding hydrogens is 374 g/mol. The Balaban J connectivity index is 1.65. The van der Waals surface area contributed by atoms with E-state index in [1.165, 1.54) is 4.90 Å². The number of nitrogens with zero attached hydrogens (tertiary/aromatic N) is 1. The van der Waals surface area contributed by atoms with E-state index in [0.717, 1.165) is 24.3 Å². The molecule has 27 heavy (non-hydrogen) atoms. The fourth-order valence-corrected chi connectivity index (χ4v) is 5.56. The van der Waals surface area contributed by atoms with Gasteiger partial charge in [-0.2, -0.15) is 0 Å². The summed E-state index contributed by atoms with van der Waals surface area (Å²) in [6.07, 6.45) is -0.0294. The van der Waals surface area contributed by atoms with E-state index in [0.29, 0.717) is 6.42 Å². The van der Waals surface area contributed by atoms with E-state index >= 15 is 0 Å². The number of ether oxygens (including phenoxy) is 1. The summed E-state index contributed by atoms with van der Waals surface area (Å²) in [6, 6.07) is 0.0682. The van der Waals surface area contributed by atoms with Gasteiger partial charge >= 0.3 is 6.16 Å². The second kappa shape index (κ2) is 8.36. The number of carboxylic acid groups (broad SMARTS) is 1. The molecule has 2 fully saturated rings. The van der Waals surface area contributed by atoms with Gasteiger partial charge < -0.3 is 30.7 Å². The molecule has 10 heteroatoms. The third-order valence-corrected chi connectivity index (χ3v) is 6.83. The van der Waals surface area contributed by atoms with Gasteiger partial charge in [0.05, 0.1) is 24.7 Å². The number of β-lactam (4-membered cyclic amide) rings is 1. The van der Waals surface area contributed by atoms with Crippen LogP contribution < -0.4 is 10.6 Å². The number of carbonyl (C=O) groups is 2. The van der Waals surface area contributed by atoms with Crippen LogP contribution in [0.15, 0.2) is 10.8 Å². The van der Waals surface area contributed by atoms with Gasteiger partial charge in [-0.1, -0.05) is 0 Å². The molecule has 9 nitrogen and oxygen atoms in total. The third-order valence-electron chi connectivity index (χ3n) is 5.51. The van der Waals surface area contributed by atoms with Crippen molar-refractivity contribution in [2.24, 2.45) is 5.92 Å². The molecule has 3 aliphatic rings. The molecule has 152 valence electrons. The van der Waals surface area contributed by atoms with E-state index in [9.17, 15) is 19.8 Å². The molecule has 0 aromatic rings. The Morgan fingerprint density at radius 2 is 2.26 bits per heavy atom. The van der Waals surface area contributed by atoms with Gasteiger partial charge in [-0.15, -0.1) is 11.8 Å². The van der Waals surface area contributed by atoms with Crippen LogP contribution in [0.25, 0.3) is 0 Å². The molecule has 6 atom stereocenters. The number of likely N-dealkylation sites (N-methyl/N-ethyl adjacent to an activating group) is 1. The first-order valence-corrected chi connectivity index (χ1v) is 10.1. The molecule has 0 saturated carbocycles. The summed E-state index contributed by atoms with van der Waals surface area (Å²) in [6.45, 7) is 2.42. The molecule has 3 aliphatic heterocycles. The maximum absolute atomic E-state index is 12.3. The summed E-state index contributed by atoms with van der Waals surface area (Å²) in [5.74, 6) is -0.693. The second-order valence-corrected chi connectivity index (χ2v) is 8.72. The van der Waals surface area contributed by atoms with Crippen LogP contribution in [0.5, 0.6) is 0 Å². The number of hydrogen-bond acceptors (Lipinski definition) is 8. The number of nitrogens with one attached hydrogen (secondary N) is 2. The van der Waals surface area contributed by atoms with Crippen molar-refractivity contribution in [3.8, 4) is 0 Å². The van der Waals surface area contributed by atoms with Crippen molar-refractivity contribution in [3.63, 3.8) is 0 Å². The number of aliphatic hydroxyl groups is 2. The standard InChI is InChI=1S/C17H27N3O6S/c1-8(22)14-12-5-13(16(26-17(24)25)20(12)15(14)23)27-11-4-9(19-6-11)3-10(7-21)18-2/h8-12,14,18-19,21-22H,3-7H2,1-2H3,(H,24,25)/t8-,9-,10?,11+,12-,14-/m1/s1. The molecule has 0 aromatic carbocycles. The molecule has 0 spiro atoms. The predicted molar refractivity (Wildman–Crippen MR) is 98.9 cm³/mol. The van der Waals surface area contributed by atoms with E-state index in [-0.39, 0.29) is 41.8 Å². The molecule has 0 radical (unpaired) electrons. The van der Waals surface area contributed by atoms with Crippen molar-refractivity contribution in [2.75, 3.05) is 20.2 Å². The minimum Gasteiger partial charge on any atom is -0.449 e. The number of rotatable bonds is 8. The molecule has 3 rings (SSSR count). The minimum absolute atomic E-state index is 0.0363. The number of hydrogen-bond donors (Lipinski definition) is 5. The summed E-state index contributed by atoms with van der Waals surface area (Å²) in [7, 11) is 1.82. The maximum Gasteiger partial charge on any atom is 0.512 e. The Labute approximate surface area is 162 Å². The smallest absolute Gasteiger partial charge is 0.449 e. The van der Waals surface area contributed by atoms with Gasteiger partial charge in [-0.3, -0.25) is 9.69 Å². The third kappa shape index (κ3) is 4.09. The first-order chi connectivity index (χ1) is 12.8. The highest BCUT2D eigenvalue weighted by Crippen LogP contribution is 2.48. The first-order valence-electron chi connectivity index (χ1n) is 9.18. The zero-order chi connectivity index (χ0) is 19.7. The van der Waals surface area contributed by atoms with Crippen LogP contribution in [-0.2, 0) is 9.53 Å². The number of carbonyl (C=O) groups excluding carboxylic acids is 1. The van der Waals surface area contributed by atoms with Crippen molar-refractivity contribution >= 4 is 23.8 Å². The summed E-state index contributed by atoms with van der Waals surface area (Å²) in [4.78, 5) is 25.5. The Kier molecular flexibility index (Phi) is 6.32. The van der Waals surface area contributed by atoms with Crippen molar-refractivity contribution < 1.29 is 29.6 Å². The number of amides is 1. The number of thioether (sulfide) groups is 1. The highest BCUT2D eigenvalue weighted by atomic mass is 32.2. The fourth-order valence-electron chi connectivity index (χ4n) is 4.14. The molecule has 0 bridgehead atoms. The highest BCUT2D eigenvalue weighted by molar-refractivity contribution is 8.03. The lowest BCUT2D eigenvalue weighted by Gasteiger charge is -2.44. The minimum atomic E-state index is -1.45. The normalized spacial score (nSPS) is 32.3. The second-order valence-electron chi connectivity index (χ2n) is 7.33. The van der Waals surface area contributed by atoms with Gasteiger partial charge in [-0.25, -0.2) is 4.79 Å². The molecular formula is C17H27N3O6S. The zero-order valence-corrected chi connectivity index (χ0v) is 16.2. The van der Waals surface area contributed by atoms with E-state index in [2.05, 4.69) is 10.6 Å². The SMILES string of the molecule is CNC(CO)C[C@@H]1C[C@H](SC2=C(OC(=O)O)N3C(=O)[C@H]([C@@H](C)O)[C@H]3C2)CN1. The fraction of sp³-hybridized carbons (Fsp3) is 0.765. The predicted octanol–water partition coefficient (Wildman–Crippen LogP) is -0.104. The summed E-state index contributed by atoms with van der Waals surface area (Å²) >= 11 is 1.54. The lowest BCUT2D eigenvalue weighted by Crippen LogP contribution is -2.61. The van der Waals surface area contributed by atoms with Crippen LogP contribution in [0.2, 0.25) is 0 Å². The monoisotopic (exact) mass is 401 g/mol. The molecule has 2 saturated heterocycles. The lowest BCUT2D eigenvalue weighted by atomic mass is 9.84. The molecule has 3 heterocycles. The number of fused-ring (bicyclic) bond motifs is 1. The van der Waals surface area contributed by atoms with Gasteiger partial charge in [0.15, 0.2) is 0 Å². The largest absolute Gasteiger partial charge is 0.512 e. The zero-order valence-electron chi connectivity index (χ0n) is 15.4. The molecule has 0 aromatic heterocycles. The average molecular weight is 401 g/mol. The Morgan fingerprint density at radius 1 is 1.52 bits per heavy atom. The quantitative estimate of drug-likeness (QED) is 0.279. The van der Waals surface area contributed by atoms with Gasteiger partial charge in [0.1, 0.15) is 0 Å². The van der Waals surface area contributed by atoms with Crippen LogP contribution in [-0.4, -0.2) is 82.0 Å². The van der Waals surface area contributed by atoms with Crippen LogP contribution in [0.4, 0.5) is 4.79 Å². The summed E-state index contributed by atoms with van der Waals surface area (Å²) in [5, 5.41) is 34.9. The van der Waals surface area contributed by atoms with Gasteiger partial charge in [0, 0.05) is 35.2 Å². The average Bonchev–Trinajstić information content (AvgIpc) is 3.15. The van der Waals surface area contributed by atoms with Gasteiger partial charge in [0.2, 0.25) is 11.8 Å². The van der Waals surface area contributed by atoms with Gasteiger partial charge in [0.25, 0.3) is 0 Å². The van der Waals surface area contributed by atoms with E-state index in [4.69, 9.17) is 9.84 Å². The molecule has 1 amide bonds. The van der Waals surface area contributed by atoms with E-state index in [1.807, 2.05) is 7.05 Å². The van der Waals surface area contributed by atoms with Crippen molar-refractivity contribution in [1.82, 2.24) is 15.5 Å². The topological polar surface area (TPSA) is 131 Å². The van der Waals surface area contributed by atoms with E-state index < -0.39 is 18.2 Å². The van der Waals surface area contributed by atoms with E-state index in [1.54, 1.807) is 18.7 Å². The Bertz CT molecular complexity index is 624. The van der Waals surface area contributed by atoms with Crippen LogP contribution >= 0.6 is 11.8 Å². The van der Waals surface area contributed by atoms with Crippen LogP contribution in [0, 0.1) is 5.92 Å². The van der Waals surface area contributed by atoms with Crippen LogP contribution in [0.1, 0.15) is 26.2 Å². The summed E-state index contributed by atoms with van der Waals surface area (Å²) < 4.78 is 4.93. The highest BCUT2D eigenvalue weighted by Gasteiger charge is 2.57. The first kappa shape index (κ1) is 20.4. The van der Waals surface area contributed by atoms with Crippen LogP contribution in [0.3, 0.4) is 0 Å². The molecule has 5 N–H and O–H groups in total. The van der Waals surface area contributed by atoms with Crippen molar-refractivity contribution in [1.29, 1.82) is 0 Å².